The Morgan fingerprint density at radius 3 is 2.76 bits per heavy atom. The molecule has 1 heterocycles. The predicted octanol–water partition coefficient (Wildman–Crippen LogP) is 2.23. The maximum Gasteiger partial charge on any atom is 0.224 e. The van der Waals surface area contributed by atoms with Gasteiger partial charge in [0.15, 0.2) is 5.82 Å². The summed E-state index contributed by atoms with van der Waals surface area (Å²) < 4.78 is 0. The smallest absolute Gasteiger partial charge is 0.224 e. The molecule has 1 amide bonds. The molecule has 1 aromatic carbocycles. The van der Waals surface area contributed by atoms with E-state index < -0.39 is 0 Å². The van der Waals surface area contributed by atoms with E-state index in [0.29, 0.717) is 24.6 Å². The molecule has 1 aromatic heterocycles. The number of unbranched alkanes of at least 4 members (excludes halogenated alkanes) is 1. The largest absolute Gasteiger partial charge is 0.326 e. The van der Waals surface area contributed by atoms with Crippen molar-refractivity contribution >= 4 is 11.6 Å². The Bertz CT molecular complexity index is 603. The molecule has 0 aliphatic rings. The van der Waals surface area contributed by atoms with Crippen molar-refractivity contribution in [2.45, 2.75) is 25.8 Å². The van der Waals surface area contributed by atoms with Crippen LogP contribution in [0.1, 0.15) is 25.1 Å². The Morgan fingerprint density at radius 1 is 1.38 bits per heavy atom. The minimum Gasteiger partial charge on any atom is -0.326 e. The molecule has 110 valence electrons. The number of H-pyrrole nitrogens is 1. The molecule has 0 spiro atoms. The lowest BCUT2D eigenvalue weighted by Gasteiger charge is -2.05. The van der Waals surface area contributed by atoms with E-state index in [2.05, 4.69) is 27.1 Å². The Hall–Kier alpha value is -2.47. The van der Waals surface area contributed by atoms with Crippen LogP contribution < -0.4 is 11.1 Å². The van der Waals surface area contributed by atoms with Gasteiger partial charge < -0.3 is 11.1 Å². The molecule has 0 saturated carbocycles. The van der Waals surface area contributed by atoms with E-state index in [1.807, 2.05) is 30.3 Å². The van der Waals surface area contributed by atoms with Gasteiger partial charge in [-0.15, -0.1) is 6.58 Å². The molecule has 2 rings (SSSR count). The van der Waals surface area contributed by atoms with Gasteiger partial charge in [-0.2, -0.15) is 5.10 Å². The van der Waals surface area contributed by atoms with E-state index in [9.17, 15) is 4.79 Å². The molecule has 0 aliphatic heterocycles. The summed E-state index contributed by atoms with van der Waals surface area (Å²) in [6, 6.07) is 7.39. The first-order valence-corrected chi connectivity index (χ1v) is 6.85. The SMILES string of the molecule is C=CCCCC(=O)Nc1ccc(-c2n[nH]c(CN)n2)cc1. The molecule has 0 unspecified atom stereocenters. The maximum absolute atomic E-state index is 11.7. The fourth-order valence-electron chi connectivity index (χ4n) is 1.85. The fraction of sp³-hybridized carbons (Fsp3) is 0.267. The van der Waals surface area contributed by atoms with E-state index in [0.717, 1.165) is 24.1 Å². The summed E-state index contributed by atoms with van der Waals surface area (Å²) in [5, 5.41) is 9.70. The topological polar surface area (TPSA) is 96.7 Å². The number of hydrogen-bond acceptors (Lipinski definition) is 4. The second-order valence-electron chi connectivity index (χ2n) is 4.62. The number of amides is 1. The van der Waals surface area contributed by atoms with E-state index >= 15 is 0 Å². The normalized spacial score (nSPS) is 10.3. The number of aromatic amines is 1. The quantitative estimate of drug-likeness (QED) is 0.537. The van der Waals surface area contributed by atoms with Crippen molar-refractivity contribution in [3.05, 3.63) is 42.7 Å². The average molecular weight is 285 g/mol. The molecule has 21 heavy (non-hydrogen) atoms. The average Bonchev–Trinajstić information content (AvgIpc) is 2.97. The Balaban J connectivity index is 1.95. The molecular formula is C15H19N5O. The third kappa shape index (κ3) is 4.25. The van der Waals surface area contributed by atoms with Gasteiger partial charge in [-0.05, 0) is 37.1 Å². The lowest BCUT2D eigenvalue weighted by Crippen LogP contribution is -2.10. The second kappa shape index (κ2) is 7.35. The van der Waals surface area contributed by atoms with Gasteiger partial charge in [0.2, 0.25) is 5.91 Å². The van der Waals surface area contributed by atoms with Crippen LogP contribution in [-0.4, -0.2) is 21.1 Å². The lowest BCUT2D eigenvalue weighted by molar-refractivity contribution is -0.116. The maximum atomic E-state index is 11.7. The van der Waals surface area contributed by atoms with E-state index in [-0.39, 0.29) is 5.91 Å². The zero-order valence-corrected chi connectivity index (χ0v) is 11.8. The molecular weight excluding hydrogens is 266 g/mol. The number of nitrogens with zero attached hydrogens (tertiary/aromatic N) is 2. The number of allylic oxidation sites excluding steroid dienone is 1. The van der Waals surface area contributed by atoms with Crippen LogP contribution in [0.4, 0.5) is 5.69 Å². The van der Waals surface area contributed by atoms with Gasteiger partial charge in [0.05, 0.1) is 6.54 Å². The second-order valence-corrected chi connectivity index (χ2v) is 4.62. The highest BCUT2D eigenvalue weighted by Crippen LogP contribution is 2.18. The third-order valence-electron chi connectivity index (χ3n) is 2.96. The molecule has 0 fully saturated rings. The number of benzene rings is 1. The number of rotatable bonds is 7. The first-order chi connectivity index (χ1) is 10.2. The standard InChI is InChI=1S/C15H19N5O/c1-2-3-4-5-14(21)17-12-8-6-11(7-9-12)15-18-13(10-16)19-20-15/h2,6-9H,1,3-5,10,16H2,(H,17,21)(H,18,19,20). The number of anilines is 1. The zero-order chi connectivity index (χ0) is 15.1. The fourth-order valence-corrected chi connectivity index (χ4v) is 1.85. The highest BCUT2D eigenvalue weighted by atomic mass is 16.1. The number of carbonyl (C=O) groups is 1. The molecule has 6 heteroatoms. The monoisotopic (exact) mass is 285 g/mol. The Morgan fingerprint density at radius 2 is 2.14 bits per heavy atom. The molecule has 0 saturated heterocycles. The summed E-state index contributed by atoms with van der Waals surface area (Å²) in [5.41, 5.74) is 7.11. The molecule has 0 atom stereocenters. The van der Waals surface area contributed by atoms with Crippen LogP contribution in [-0.2, 0) is 11.3 Å². The summed E-state index contributed by atoms with van der Waals surface area (Å²) in [5.74, 6) is 1.25. The number of hydrogen-bond donors (Lipinski definition) is 3. The first-order valence-electron chi connectivity index (χ1n) is 6.85. The van der Waals surface area contributed by atoms with Crippen LogP contribution in [0.15, 0.2) is 36.9 Å². The van der Waals surface area contributed by atoms with Crippen LogP contribution in [0.2, 0.25) is 0 Å². The summed E-state index contributed by atoms with van der Waals surface area (Å²) in [7, 11) is 0. The number of nitrogens with two attached hydrogens (primary N) is 1. The van der Waals surface area contributed by atoms with Crippen molar-refractivity contribution in [1.29, 1.82) is 0 Å². The van der Waals surface area contributed by atoms with Crippen molar-refractivity contribution in [3.63, 3.8) is 0 Å². The molecule has 4 N–H and O–H groups in total. The summed E-state index contributed by atoms with van der Waals surface area (Å²) in [4.78, 5) is 15.9. The van der Waals surface area contributed by atoms with Crippen molar-refractivity contribution < 1.29 is 4.79 Å². The van der Waals surface area contributed by atoms with Gasteiger partial charge in [0.25, 0.3) is 0 Å². The minimum absolute atomic E-state index is 0.00733. The molecule has 2 aromatic rings. The van der Waals surface area contributed by atoms with Crippen molar-refractivity contribution in [2.24, 2.45) is 5.73 Å². The Kier molecular flexibility index (Phi) is 5.22. The summed E-state index contributed by atoms with van der Waals surface area (Å²) >= 11 is 0. The van der Waals surface area contributed by atoms with Crippen molar-refractivity contribution in [3.8, 4) is 11.4 Å². The highest BCUT2D eigenvalue weighted by Gasteiger charge is 2.06. The van der Waals surface area contributed by atoms with Gasteiger partial charge in [-0.3, -0.25) is 9.89 Å². The van der Waals surface area contributed by atoms with E-state index in [1.54, 1.807) is 0 Å². The van der Waals surface area contributed by atoms with Crippen LogP contribution in [0.5, 0.6) is 0 Å². The van der Waals surface area contributed by atoms with Crippen molar-refractivity contribution in [2.75, 3.05) is 5.32 Å². The number of aromatic nitrogens is 3. The molecule has 0 radical (unpaired) electrons. The van der Waals surface area contributed by atoms with Crippen LogP contribution >= 0.6 is 0 Å². The van der Waals surface area contributed by atoms with Crippen LogP contribution in [0.3, 0.4) is 0 Å². The van der Waals surface area contributed by atoms with Gasteiger partial charge in [-0.25, -0.2) is 4.98 Å². The van der Waals surface area contributed by atoms with Crippen molar-refractivity contribution in [1.82, 2.24) is 15.2 Å². The first kappa shape index (κ1) is 14.9. The minimum atomic E-state index is 0.00733. The number of nitrogens with one attached hydrogen (secondary N) is 2. The van der Waals surface area contributed by atoms with Crippen LogP contribution in [0, 0.1) is 0 Å². The van der Waals surface area contributed by atoms with E-state index in [1.165, 1.54) is 0 Å². The van der Waals surface area contributed by atoms with Gasteiger partial charge >= 0.3 is 0 Å². The van der Waals surface area contributed by atoms with Gasteiger partial charge in [0, 0.05) is 17.7 Å². The molecule has 0 aliphatic carbocycles. The summed E-state index contributed by atoms with van der Waals surface area (Å²) in [6.07, 6.45) is 3.97. The van der Waals surface area contributed by atoms with E-state index in [4.69, 9.17) is 5.73 Å². The van der Waals surface area contributed by atoms with Gasteiger partial charge in [-0.1, -0.05) is 6.08 Å². The Labute approximate surface area is 123 Å². The number of carbonyl (C=O) groups excluding carboxylic acids is 1. The molecule has 6 nitrogen and oxygen atoms in total. The lowest BCUT2D eigenvalue weighted by atomic mass is 10.2. The van der Waals surface area contributed by atoms with Crippen LogP contribution in [0.25, 0.3) is 11.4 Å². The summed E-state index contributed by atoms with van der Waals surface area (Å²) in [6.45, 7) is 3.96. The van der Waals surface area contributed by atoms with Gasteiger partial charge in [0.1, 0.15) is 5.82 Å². The third-order valence-corrected chi connectivity index (χ3v) is 2.96. The highest BCUT2D eigenvalue weighted by molar-refractivity contribution is 5.90. The zero-order valence-electron chi connectivity index (χ0n) is 11.8. The predicted molar refractivity (Wildman–Crippen MR) is 82.4 cm³/mol. The molecule has 0 bridgehead atoms.